The van der Waals surface area contributed by atoms with Gasteiger partial charge in [0.05, 0.1) is 11.1 Å². The Kier molecular flexibility index (Phi) is 5.58. The maximum absolute atomic E-state index is 11.6. The van der Waals surface area contributed by atoms with E-state index in [2.05, 4.69) is 10.2 Å². The number of carbonyl (C=O) groups is 2. The van der Waals surface area contributed by atoms with E-state index in [1.165, 1.54) is 50.6 Å². The van der Waals surface area contributed by atoms with Crippen LogP contribution in [-0.2, 0) is 0 Å². The largest absolute Gasteiger partial charge is 0.478 e. The SMILES string of the molecule is NC(=O)c1ccc(C(=O)O)cc1N[C@H]1CC[C@H](N2CCCCC2)CC1. The number of carboxylic acid groups (broad SMARTS) is 1. The summed E-state index contributed by atoms with van der Waals surface area (Å²) in [5.74, 6) is -1.55. The number of aromatic carboxylic acids is 1. The van der Waals surface area contributed by atoms with Gasteiger partial charge in [-0.05, 0) is 69.8 Å². The van der Waals surface area contributed by atoms with E-state index in [1.54, 1.807) is 0 Å². The Balaban J connectivity index is 1.64. The summed E-state index contributed by atoms with van der Waals surface area (Å²) >= 11 is 0. The third-order valence-electron chi connectivity index (χ3n) is 5.50. The van der Waals surface area contributed by atoms with Crippen LogP contribution in [0.4, 0.5) is 5.69 Å². The zero-order valence-electron chi connectivity index (χ0n) is 14.5. The molecule has 25 heavy (non-hydrogen) atoms. The Bertz CT molecular complexity index is 633. The van der Waals surface area contributed by atoms with E-state index in [4.69, 9.17) is 5.73 Å². The van der Waals surface area contributed by atoms with Gasteiger partial charge >= 0.3 is 5.97 Å². The van der Waals surface area contributed by atoms with Crippen LogP contribution in [0.15, 0.2) is 18.2 Å². The van der Waals surface area contributed by atoms with Gasteiger partial charge in [0.1, 0.15) is 0 Å². The average molecular weight is 345 g/mol. The Morgan fingerprint density at radius 3 is 2.36 bits per heavy atom. The highest BCUT2D eigenvalue weighted by Crippen LogP contribution is 2.29. The van der Waals surface area contributed by atoms with Crippen LogP contribution in [0.1, 0.15) is 65.7 Å². The molecule has 1 amide bonds. The molecule has 0 spiro atoms. The number of amides is 1. The third kappa shape index (κ3) is 4.31. The van der Waals surface area contributed by atoms with Gasteiger partial charge in [0.25, 0.3) is 5.91 Å². The van der Waals surface area contributed by atoms with E-state index in [0.717, 1.165) is 25.7 Å². The number of hydrogen-bond donors (Lipinski definition) is 3. The maximum Gasteiger partial charge on any atom is 0.335 e. The molecule has 0 unspecified atom stereocenters. The summed E-state index contributed by atoms with van der Waals surface area (Å²) in [4.78, 5) is 25.5. The summed E-state index contributed by atoms with van der Waals surface area (Å²) in [6.07, 6.45) is 8.30. The van der Waals surface area contributed by atoms with Crippen LogP contribution in [0, 0.1) is 0 Å². The molecule has 0 atom stereocenters. The van der Waals surface area contributed by atoms with Gasteiger partial charge in [0.15, 0.2) is 0 Å². The number of likely N-dealkylation sites (tertiary alicyclic amines) is 1. The quantitative estimate of drug-likeness (QED) is 0.762. The summed E-state index contributed by atoms with van der Waals surface area (Å²) in [5, 5.41) is 12.5. The van der Waals surface area contributed by atoms with Gasteiger partial charge in [-0.25, -0.2) is 4.79 Å². The number of piperidine rings is 1. The van der Waals surface area contributed by atoms with Crippen molar-refractivity contribution in [2.75, 3.05) is 18.4 Å². The fraction of sp³-hybridized carbons (Fsp3) is 0.579. The lowest BCUT2D eigenvalue weighted by molar-refractivity contribution is 0.0696. The normalized spacial score (nSPS) is 24.6. The molecule has 0 bridgehead atoms. The van der Waals surface area contributed by atoms with Gasteiger partial charge in [0.2, 0.25) is 0 Å². The lowest BCUT2D eigenvalue weighted by atomic mass is 9.89. The molecule has 0 aromatic heterocycles. The lowest BCUT2D eigenvalue weighted by Crippen LogP contribution is -2.43. The molecule has 1 aromatic carbocycles. The van der Waals surface area contributed by atoms with E-state index in [1.807, 2.05) is 0 Å². The Labute approximate surface area is 148 Å². The minimum absolute atomic E-state index is 0.162. The molecule has 2 fully saturated rings. The van der Waals surface area contributed by atoms with E-state index >= 15 is 0 Å². The van der Waals surface area contributed by atoms with E-state index in [-0.39, 0.29) is 11.6 Å². The van der Waals surface area contributed by atoms with Gasteiger partial charge in [-0.3, -0.25) is 4.79 Å². The molecule has 4 N–H and O–H groups in total. The van der Waals surface area contributed by atoms with Crippen molar-refractivity contribution in [2.24, 2.45) is 5.73 Å². The lowest BCUT2D eigenvalue weighted by Gasteiger charge is -2.39. The van der Waals surface area contributed by atoms with Crippen LogP contribution in [0.3, 0.4) is 0 Å². The van der Waals surface area contributed by atoms with Crippen molar-refractivity contribution >= 4 is 17.6 Å². The van der Waals surface area contributed by atoms with Crippen molar-refractivity contribution < 1.29 is 14.7 Å². The summed E-state index contributed by atoms with van der Waals surface area (Å²) < 4.78 is 0. The topological polar surface area (TPSA) is 95.7 Å². The van der Waals surface area contributed by atoms with Crippen molar-refractivity contribution in [1.29, 1.82) is 0 Å². The molecule has 0 radical (unpaired) electrons. The first-order valence-electron chi connectivity index (χ1n) is 9.22. The van der Waals surface area contributed by atoms with Crippen molar-refractivity contribution in [3.8, 4) is 0 Å². The monoisotopic (exact) mass is 345 g/mol. The second-order valence-electron chi connectivity index (χ2n) is 7.18. The number of benzene rings is 1. The molecule has 2 aliphatic rings. The van der Waals surface area contributed by atoms with Crippen molar-refractivity contribution in [1.82, 2.24) is 4.90 Å². The van der Waals surface area contributed by atoms with E-state index < -0.39 is 11.9 Å². The zero-order chi connectivity index (χ0) is 17.8. The molecular weight excluding hydrogens is 318 g/mol. The highest BCUT2D eigenvalue weighted by Gasteiger charge is 2.27. The van der Waals surface area contributed by atoms with Crippen LogP contribution in [0.25, 0.3) is 0 Å². The van der Waals surface area contributed by atoms with Gasteiger partial charge in [-0.2, -0.15) is 0 Å². The predicted octanol–water partition coefficient (Wildman–Crippen LogP) is 2.69. The number of anilines is 1. The molecule has 1 heterocycles. The van der Waals surface area contributed by atoms with E-state index in [0.29, 0.717) is 17.3 Å². The molecule has 1 saturated carbocycles. The zero-order valence-corrected chi connectivity index (χ0v) is 14.5. The highest BCUT2D eigenvalue weighted by molar-refractivity contribution is 6.00. The second-order valence-corrected chi connectivity index (χ2v) is 7.18. The molecule has 136 valence electrons. The fourth-order valence-electron chi connectivity index (χ4n) is 4.10. The van der Waals surface area contributed by atoms with Crippen LogP contribution < -0.4 is 11.1 Å². The van der Waals surface area contributed by atoms with E-state index in [9.17, 15) is 14.7 Å². The molecule has 1 aliphatic heterocycles. The van der Waals surface area contributed by atoms with Crippen molar-refractivity contribution in [3.05, 3.63) is 29.3 Å². The number of nitrogens with two attached hydrogens (primary N) is 1. The molecular formula is C19H27N3O3. The fourth-order valence-corrected chi connectivity index (χ4v) is 4.10. The first-order valence-corrected chi connectivity index (χ1v) is 9.22. The smallest absolute Gasteiger partial charge is 0.335 e. The Morgan fingerprint density at radius 2 is 1.76 bits per heavy atom. The number of primary amides is 1. The van der Waals surface area contributed by atoms with Crippen LogP contribution in [0.5, 0.6) is 0 Å². The summed E-state index contributed by atoms with van der Waals surface area (Å²) in [7, 11) is 0. The van der Waals surface area contributed by atoms with Crippen LogP contribution in [0.2, 0.25) is 0 Å². The number of nitrogens with one attached hydrogen (secondary N) is 1. The molecule has 1 aliphatic carbocycles. The minimum atomic E-state index is -1.01. The third-order valence-corrected chi connectivity index (χ3v) is 5.50. The maximum atomic E-state index is 11.6. The average Bonchev–Trinajstić information content (AvgIpc) is 2.63. The Morgan fingerprint density at radius 1 is 1.08 bits per heavy atom. The molecule has 6 nitrogen and oxygen atoms in total. The van der Waals surface area contributed by atoms with Crippen LogP contribution in [-0.4, -0.2) is 47.1 Å². The number of nitrogens with zero attached hydrogens (tertiary/aromatic N) is 1. The second kappa shape index (κ2) is 7.87. The summed E-state index contributed by atoms with van der Waals surface area (Å²) in [6.45, 7) is 2.44. The standard InChI is InChI=1S/C19H27N3O3/c20-18(23)16-9-4-13(19(24)25)12-17(16)21-14-5-7-15(8-6-14)22-10-2-1-3-11-22/h4,9,12,14-15,21H,1-3,5-8,10-11H2,(H2,20,23)(H,24,25)/t14-,15-. The predicted molar refractivity (Wildman–Crippen MR) is 97.0 cm³/mol. The van der Waals surface area contributed by atoms with Gasteiger partial charge in [0, 0.05) is 17.8 Å². The summed E-state index contributed by atoms with van der Waals surface area (Å²) in [6, 6.07) is 5.34. The number of rotatable bonds is 5. The number of hydrogen-bond acceptors (Lipinski definition) is 4. The molecule has 6 heteroatoms. The molecule has 3 rings (SSSR count). The van der Waals surface area contributed by atoms with Gasteiger partial charge < -0.3 is 21.1 Å². The van der Waals surface area contributed by atoms with Gasteiger partial charge in [-0.15, -0.1) is 0 Å². The molecule has 1 saturated heterocycles. The van der Waals surface area contributed by atoms with Gasteiger partial charge in [-0.1, -0.05) is 6.42 Å². The summed E-state index contributed by atoms with van der Waals surface area (Å²) in [5.41, 5.74) is 6.48. The number of carbonyl (C=O) groups excluding carboxylic acids is 1. The van der Waals surface area contributed by atoms with Crippen LogP contribution >= 0.6 is 0 Å². The first kappa shape index (κ1) is 17.7. The Hall–Kier alpha value is -2.08. The van der Waals surface area contributed by atoms with Crippen molar-refractivity contribution in [2.45, 2.75) is 57.0 Å². The van der Waals surface area contributed by atoms with Crippen molar-refractivity contribution in [3.63, 3.8) is 0 Å². The molecule has 1 aromatic rings. The highest BCUT2D eigenvalue weighted by atomic mass is 16.4. The minimum Gasteiger partial charge on any atom is -0.478 e. The first-order chi connectivity index (χ1) is 12.0. The number of carboxylic acids is 1.